The first-order valence-electron chi connectivity index (χ1n) is 11.5. The zero-order valence-corrected chi connectivity index (χ0v) is 18.9. The van der Waals surface area contributed by atoms with Gasteiger partial charge in [-0.3, -0.25) is 4.98 Å². The van der Waals surface area contributed by atoms with Gasteiger partial charge in [0.1, 0.15) is 5.82 Å². The van der Waals surface area contributed by atoms with E-state index < -0.39 is 0 Å². The van der Waals surface area contributed by atoms with Crippen LogP contribution in [0, 0.1) is 17.1 Å². The van der Waals surface area contributed by atoms with E-state index in [0.29, 0.717) is 5.56 Å². The molecule has 0 unspecified atom stereocenters. The molecule has 0 fully saturated rings. The van der Waals surface area contributed by atoms with Gasteiger partial charge in [-0.05, 0) is 80.3 Å². The Labute approximate surface area is 191 Å². The Morgan fingerprint density at radius 3 is 2.59 bits per heavy atom. The second kappa shape index (κ2) is 12.0. The number of nitriles is 1. The molecule has 0 bridgehead atoms. The van der Waals surface area contributed by atoms with Crippen molar-refractivity contribution >= 4 is 0 Å². The van der Waals surface area contributed by atoms with E-state index in [0.717, 1.165) is 61.0 Å². The average Bonchev–Trinajstić information content (AvgIpc) is 2.81. The number of rotatable bonds is 11. The van der Waals surface area contributed by atoms with Crippen LogP contribution in [0.2, 0.25) is 0 Å². The van der Waals surface area contributed by atoms with Crippen molar-refractivity contribution < 1.29 is 4.39 Å². The molecular weight excluding hydrogens is 395 g/mol. The molecule has 164 valence electrons. The Morgan fingerprint density at radius 2 is 1.81 bits per heavy atom. The fourth-order valence-electron chi connectivity index (χ4n) is 3.94. The molecule has 0 N–H and O–H groups in total. The SMILES string of the molecule is C=C(CCCC)CCc1ccc(-c2ccccc2C#N)nc1CCCc1cccc(F)c1. The molecule has 3 heteroatoms. The van der Waals surface area contributed by atoms with Gasteiger partial charge in [0.15, 0.2) is 0 Å². The lowest BCUT2D eigenvalue weighted by Crippen LogP contribution is -2.03. The molecule has 1 aromatic heterocycles. The van der Waals surface area contributed by atoms with Gasteiger partial charge in [-0.15, -0.1) is 0 Å². The van der Waals surface area contributed by atoms with Crippen LogP contribution in [0.15, 0.2) is 72.8 Å². The first-order valence-corrected chi connectivity index (χ1v) is 11.5. The fourth-order valence-corrected chi connectivity index (χ4v) is 3.94. The second-order valence-electron chi connectivity index (χ2n) is 8.30. The number of pyridine rings is 1. The summed E-state index contributed by atoms with van der Waals surface area (Å²) in [6.45, 7) is 6.44. The molecule has 0 spiro atoms. The van der Waals surface area contributed by atoms with Crippen molar-refractivity contribution in [2.24, 2.45) is 0 Å². The highest BCUT2D eigenvalue weighted by atomic mass is 19.1. The number of hydrogen-bond donors (Lipinski definition) is 0. The van der Waals surface area contributed by atoms with Crippen LogP contribution in [-0.4, -0.2) is 4.98 Å². The summed E-state index contributed by atoms with van der Waals surface area (Å²) in [6.07, 6.45) is 7.84. The number of halogens is 1. The molecule has 0 atom stereocenters. The third-order valence-electron chi connectivity index (χ3n) is 5.79. The highest BCUT2D eigenvalue weighted by molar-refractivity contribution is 5.67. The number of hydrogen-bond acceptors (Lipinski definition) is 2. The Kier molecular flexibility index (Phi) is 8.75. The minimum absolute atomic E-state index is 0.193. The molecule has 0 saturated heterocycles. The zero-order valence-electron chi connectivity index (χ0n) is 18.9. The third-order valence-corrected chi connectivity index (χ3v) is 5.79. The topological polar surface area (TPSA) is 36.7 Å². The van der Waals surface area contributed by atoms with E-state index in [9.17, 15) is 9.65 Å². The molecule has 0 aliphatic carbocycles. The summed E-state index contributed by atoms with van der Waals surface area (Å²) in [7, 11) is 0. The summed E-state index contributed by atoms with van der Waals surface area (Å²) in [5.74, 6) is -0.193. The van der Waals surface area contributed by atoms with Crippen molar-refractivity contribution in [3.05, 3.63) is 101 Å². The van der Waals surface area contributed by atoms with Gasteiger partial charge in [-0.1, -0.05) is 61.9 Å². The van der Waals surface area contributed by atoms with Crippen molar-refractivity contribution in [2.45, 2.75) is 58.3 Å². The lowest BCUT2D eigenvalue weighted by atomic mass is 9.96. The van der Waals surface area contributed by atoms with Gasteiger partial charge < -0.3 is 0 Å². The maximum absolute atomic E-state index is 13.5. The summed E-state index contributed by atoms with van der Waals surface area (Å²) < 4.78 is 13.5. The Morgan fingerprint density at radius 1 is 0.969 bits per heavy atom. The predicted octanol–water partition coefficient (Wildman–Crippen LogP) is 7.61. The first kappa shape index (κ1) is 23.4. The van der Waals surface area contributed by atoms with Crippen LogP contribution in [-0.2, 0) is 19.3 Å². The Balaban J connectivity index is 1.80. The van der Waals surface area contributed by atoms with Crippen LogP contribution in [0.3, 0.4) is 0 Å². The highest BCUT2D eigenvalue weighted by Gasteiger charge is 2.11. The van der Waals surface area contributed by atoms with Crippen LogP contribution in [0.4, 0.5) is 4.39 Å². The summed E-state index contributed by atoms with van der Waals surface area (Å²) >= 11 is 0. The van der Waals surface area contributed by atoms with Crippen molar-refractivity contribution in [2.75, 3.05) is 0 Å². The van der Waals surface area contributed by atoms with Gasteiger partial charge in [0.25, 0.3) is 0 Å². The molecule has 3 aromatic rings. The number of unbranched alkanes of at least 4 members (excludes halogenated alkanes) is 1. The van der Waals surface area contributed by atoms with Crippen LogP contribution in [0.25, 0.3) is 11.3 Å². The number of aromatic nitrogens is 1. The van der Waals surface area contributed by atoms with Crippen LogP contribution >= 0.6 is 0 Å². The second-order valence-corrected chi connectivity index (χ2v) is 8.30. The van der Waals surface area contributed by atoms with Crippen molar-refractivity contribution in [3.8, 4) is 17.3 Å². The molecule has 3 rings (SSSR count). The summed E-state index contributed by atoms with van der Waals surface area (Å²) in [4.78, 5) is 4.99. The molecule has 1 heterocycles. The summed E-state index contributed by atoms with van der Waals surface area (Å²) in [5, 5.41) is 9.49. The van der Waals surface area contributed by atoms with Gasteiger partial charge in [-0.2, -0.15) is 5.26 Å². The Hall–Kier alpha value is -3.25. The number of aryl methyl sites for hydroxylation is 3. The molecule has 32 heavy (non-hydrogen) atoms. The minimum Gasteiger partial charge on any atom is -0.253 e. The van der Waals surface area contributed by atoms with Crippen LogP contribution in [0.5, 0.6) is 0 Å². The van der Waals surface area contributed by atoms with E-state index >= 15 is 0 Å². The maximum atomic E-state index is 13.5. The number of nitrogens with zero attached hydrogens (tertiary/aromatic N) is 2. The lowest BCUT2D eigenvalue weighted by Gasteiger charge is -2.13. The molecule has 2 aromatic carbocycles. The fraction of sp³-hybridized carbons (Fsp3) is 0.310. The van der Waals surface area contributed by atoms with E-state index in [1.807, 2.05) is 36.4 Å². The number of allylic oxidation sites excluding steroid dienone is 1. The van der Waals surface area contributed by atoms with Gasteiger partial charge in [0.2, 0.25) is 0 Å². The smallest absolute Gasteiger partial charge is 0.123 e. The quantitative estimate of drug-likeness (QED) is 0.296. The predicted molar refractivity (Wildman–Crippen MR) is 130 cm³/mol. The van der Waals surface area contributed by atoms with Crippen LogP contribution in [0.1, 0.15) is 61.4 Å². The molecule has 0 radical (unpaired) electrons. The van der Waals surface area contributed by atoms with Crippen LogP contribution < -0.4 is 0 Å². The first-order chi connectivity index (χ1) is 15.6. The van der Waals surface area contributed by atoms with Gasteiger partial charge in [0.05, 0.1) is 17.3 Å². The van der Waals surface area contributed by atoms with E-state index in [4.69, 9.17) is 4.98 Å². The molecule has 0 aliphatic rings. The van der Waals surface area contributed by atoms with E-state index in [2.05, 4.69) is 25.6 Å². The summed E-state index contributed by atoms with van der Waals surface area (Å²) in [6, 6.07) is 20.8. The maximum Gasteiger partial charge on any atom is 0.123 e. The average molecular weight is 427 g/mol. The molecule has 0 saturated carbocycles. The van der Waals surface area contributed by atoms with Crippen molar-refractivity contribution in [1.29, 1.82) is 5.26 Å². The van der Waals surface area contributed by atoms with Gasteiger partial charge in [0, 0.05) is 11.3 Å². The highest BCUT2D eigenvalue weighted by Crippen LogP contribution is 2.25. The molecule has 0 aliphatic heterocycles. The lowest BCUT2D eigenvalue weighted by molar-refractivity contribution is 0.624. The standard InChI is InChI=1S/C29H31FN2/c1-3-4-9-22(2)16-17-24-18-19-29(27-14-6-5-12-25(27)21-31)32-28(24)15-8-11-23-10-7-13-26(30)20-23/h5-7,10,12-14,18-20H,2-4,8-9,11,15-17H2,1H3. The van der Waals surface area contributed by atoms with E-state index in [1.165, 1.54) is 30.0 Å². The van der Waals surface area contributed by atoms with E-state index in [-0.39, 0.29) is 5.82 Å². The normalized spacial score (nSPS) is 10.7. The molecular formula is C29H31FN2. The largest absolute Gasteiger partial charge is 0.253 e. The Bertz CT molecular complexity index is 1090. The van der Waals surface area contributed by atoms with Gasteiger partial charge >= 0.3 is 0 Å². The molecule has 2 nitrogen and oxygen atoms in total. The van der Waals surface area contributed by atoms with Crippen molar-refractivity contribution in [3.63, 3.8) is 0 Å². The van der Waals surface area contributed by atoms with Gasteiger partial charge in [-0.25, -0.2) is 4.39 Å². The summed E-state index contributed by atoms with van der Waals surface area (Å²) in [5.41, 5.74) is 6.92. The van der Waals surface area contributed by atoms with Crippen molar-refractivity contribution in [1.82, 2.24) is 4.98 Å². The zero-order chi connectivity index (χ0) is 22.8. The molecule has 0 amide bonds. The number of benzene rings is 2. The monoisotopic (exact) mass is 426 g/mol. The third kappa shape index (κ3) is 6.62. The minimum atomic E-state index is -0.193. The van der Waals surface area contributed by atoms with E-state index in [1.54, 1.807) is 12.1 Å².